The van der Waals surface area contributed by atoms with E-state index in [9.17, 15) is 17.6 Å². The van der Waals surface area contributed by atoms with Gasteiger partial charge in [0.25, 0.3) is 0 Å². The number of benzene rings is 3. The van der Waals surface area contributed by atoms with Gasteiger partial charge in [-0.3, -0.25) is 4.79 Å². The Morgan fingerprint density at radius 3 is 2.50 bits per heavy atom. The van der Waals surface area contributed by atoms with Crippen LogP contribution in [0.15, 0.2) is 60.7 Å². The molecule has 1 heterocycles. The standard InChI is InChI=1S/C26H26FNO5S/c1-4-33-25-14-18(10-12-24(25)32-2)23(16-34(3,30)31)28-22-11-9-17(13-19(22)15-26(28)29)20-7-5-6-8-21(20)27/h5-14,23H,4,15-16H2,1-3H3/t23-/m0/s1. The van der Waals surface area contributed by atoms with Crippen LogP contribution in [0.3, 0.4) is 0 Å². The van der Waals surface area contributed by atoms with Crippen molar-refractivity contribution in [3.63, 3.8) is 0 Å². The van der Waals surface area contributed by atoms with E-state index in [0.717, 1.165) is 11.8 Å². The zero-order chi connectivity index (χ0) is 24.5. The molecule has 1 aliphatic heterocycles. The number of ether oxygens (including phenoxy) is 2. The fourth-order valence-corrected chi connectivity index (χ4v) is 5.24. The van der Waals surface area contributed by atoms with Crippen molar-refractivity contribution >= 4 is 21.4 Å². The van der Waals surface area contributed by atoms with Crippen LogP contribution in [0.4, 0.5) is 10.1 Å². The maximum atomic E-state index is 14.3. The third-order valence-electron chi connectivity index (χ3n) is 5.78. The maximum absolute atomic E-state index is 14.3. The summed E-state index contributed by atoms with van der Waals surface area (Å²) in [5, 5.41) is 0. The summed E-state index contributed by atoms with van der Waals surface area (Å²) < 4.78 is 50.1. The molecule has 3 aromatic rings. The molecule has 1 amide bonds. The van der Waals surface area contributed by atoms with Crippen LogP contribution >= 0.6 is 0 Å². The van der Waals surface area contributed by atoms with Gasteiger partial charge < -0.3 is 14.4 Å². The molecule has 0 saturated carbocycles. The van der Waals surface area contributed by atoms with Crippen molar-refractivity contribution in [2.24, 2.45) is 0 Å². The van der Waals surface area contributed by atoms with E-state index < -0.39 is 15.9 Å². The van der Waals surface area contributed by atoms with Crippen LogP contribution in [0.25, 0.3) is 11.1 Å². The lowest BCUT2D eigenvalue weighted by Crippen LogP contribution is -2.35. The number of halogens is 1. The molecule has 0 aromatic heterocycles. The Labute approximate surface area is 198 Å². The predicted octanol–water partition coefficient (Wildman–Crippen LogP) is 4.58. The Bertz CT molecular complexity index is 1340. The number of rotatable bonds is 8. The van der Waals surface area contributed by atoms with E-state index in [-0.39, 0.29) is 23.9 Å². The molecule has 1 atom stereocenters. The van der Waals surface area contributed by atoms with Crippen molar-refractivity contribution in [3.8, 4) is 22.6 Å². The van der Waals surface area contributed by atoms with Gasteiger partial charge in [-0.2, -0.15) is 0 Å². The second-order valence-corrected chi connectivity index (χ2v) is 10.4. The number of fused-ring (bicyclic) bond motifs is 1. The van der Waals surface area contributed by atoms with Gasteiger partial charge in [0, 0.05) is 17.5 Å². The van der Waals surface area contributed by atoms with E-state index >= 15 is 0 Å². The number of methoxy groups -OCH3 is 1. The average Bonchev–Trinajstić information content (AvgIpc) is 3.12. The number of anilines is 1. The molecular formula is C26H26FNO5S. The Balaban J connectivity index is 1.79. The summed E-state index contributed by atoms with van der Waals surface area (Å²) in [5.41, 5.74) is 3.07. The molecule has 0 unspecified atom stereocenters. The largest absolute Gasteiger partial charge is 0.493 e. The van der Waals surface area contributed by atoms with Crippen molar-refractivity contribution < 1.29 is 27.1 Å². The van der Waals surface area contributed by atoms with Gasteiger partial charge >= 0.3 is 0 Å². The van der Waals surface area contributed by atoms with Crippen LogP contribution in [0.2, 0.25) is 0 Å². The summed E-state index contributed by atoms with van der Waals surface area (Å²) in [6, 6.07) is 16.2. The van der Waals surface area contributed by atoms with Crippen molar-refractivity contribution in [1.29, 1.82) is 0 Å². The zero-order valence-electron chi connectivity index (χ0n) is 19.2. The van der Waals surface area contributed by atoms with Crippen LogP contribution in [-0.2, 0) is 21.1 Å². The Kier molecular flexibility index (Phi) is 6.61. The summed E-state index contributed by atoms with van der Waals surface area (Å²) in [6.45, 7) is 2.24. The minimum Gasteiger partial charge on any atom is -0.493 e. The first-order valence-electron chi connectivity index (χ1n) is 10.9. The Morgan fingerprint density at radius 1 is 1.06 bits per heavy atom. The molecule has 6 nitrogen and oxygen atoms in total. The molecule has 4 rings (SSSR count). The highest BCUT2D eigenvalue weighted by Crippen LogP contribution is 2.41. The summed E-state index contributed by atoms with van der Waals surface area (Å²) in [4.78, 5) is 14.7. The monoisotopic (exact) mass is 483 g/mol. The highest BCUT2D eigenvalue weighted by molar-refractivity contribution is 7.90. The molecule has 0 fully saturated rings. The topological polar surface area (TPSA) is 72.9 Å². The highest BCUT2D eigenvalue weighted by atomic mass is 32.2. The number of sulfone groups is 1. The van der Waals surface area contributed by atoms with Crippen molar-refractivity contribution in [1.82, 2.24) is 0 Å². The summed E-state index contributed by atoms with van der Waals surface area (Å²) in [5.74, 6) is 0.169. The van der Waals surface area contributed by atoms with Crippen LogP contribution < -0.4 is 14.4 Å². The van der Waals surface area contributed by atoms with Gasteiger partial charge in [-0.25, -0.2) is 12.8 Å². The van der Waals surface area contributed by atoms with Gasteiger partial charge in [0.05, 0.1) is 31.9 Å². The molecular weight excluding hydrogens is 457 g/mol. The number of carbonyl (C=O) groups is 1. The van der Waals surface area contributed by atoms with Crippen molar-refractivity contribution in [2.45, 2.75) is 19.4 Å². The minimum absolute atomic E-state index is 0.104. The van der Waals surface area contributed by atoms with Crippen molar-refractivity contribution in [2.75, 3.05) is 30.6 Å². The normalized spacial score (nSPS) is 14.1. The van der Waals surface area contributed by atoms with E-state index in [1.165, 1.54) is 18.1 Å². The summed E-state index contributed by atoms with van der Waals surface area (Å²) >= 11 is 0. The van der Waals surface area contributed by atoms with E-state index in [1.54, 1.807) is 54.6 Å². The molecule has 0 spiro atoms. The number of amides is 1. The molecule has 34 heavy (non-hydrogen) atoms. The van der Waals surface area contributed by atoms with Crippen LogP contribution in [0, 0.1) is 5.82 Å². The first kappa shape index (κ1) is 23.8. The fraction of sp³-hybridized carbons (Fsp3) is 0.269. The van der Waals surface area contributed by atoms with Crippen molar-refractivity contribution in [3.05, 3.63) is 77.6 Å². The number of carbonyl (C=O) groups excluding carboxylic acids is 1. The van der Waals surface area contributed by atoms with Crippen LogP contribution in [0.1, 0.15) is 24.1 Å². The molecule has 178 valence electrons. The molecule has 1 aliphatic rings. The van der Waals surface area contributed by atoms with Gasteiger partial charge in [0.2, 0.25) is 5.91 Å². The molecule has 0 aliphatic carbocycles. The molecule has 0 saturated heterocycles. The molecule has 0 bridgehead atoms. The van der Waals surface area contributed by atoms with Gasteiger partial charge in [-0.05, 0) is 53.9 Å². The van der Waals surface area contributed by atoms with Gasteiger partial charge in [-0.1, -0.05) is 30.3 Å². The number of nitrogens with zero attached hydrogens (tertiary/aromatic N) is 1. The minimum atomic E-state index is -3.45. The molecule has 3 aromatic carbocycles. The molecule has 8 heteroatoms. The van der Waals surface area contributed by atoms with E-state index in [2.05, 4.69) is 0 Å². The fourth-order valence-electron chi connectivity index (χ4n) is 4.32. The summed E-state index contributed by atoms with van der Waals surface area (Å²) in [7, 11) is -1.92. The third kappa shape index (κ3) is 4.77. The summed E-state index contributed by atoms with van der Waals surface area (Å²) in [6.07, 6.45) is 1.25. The first-order valence-corrected chi connectivity index (χ1v) is 13.0. The zero-order valence-corrected chi connectivity index (χ0v) is 20.1. The molecule has 0 radical (unpaired) electrons. The Hall–Kier alpha value is -3.39. The second-order valence-electron chi connectivity index (χ2n) is 8.22. The van der Waals surface area contributed by atoms with Crippen LogP contribution in [0.5, 0.6) is 11.5 Å². The number of hydrogen-bond acceptors (Lipinski definition) is 5. The lowest BCUT2D eigenvalue weighted by Gasteiger charge is -2.29. The van der Waals surface area contributed by atoms with E-state index in [4.69, 9.17) is 9.47 Å². The highest BCUT2D eigenvalue weighted by Gasteiger charge is 2.36. The second kappa shape index (κ2) is 9.46. The maximum Gasteiger partial charge on any atom is 0.232 e. The quantitative estimate of drug-likeness (QED) is 0.469. The SMILES string of the molecule is CCOc1cc([C@H](CS(C)(=O)=O)N2C(=O)Cc3cc(-c4ccccc4F)ccc32)ccc1OC. The first-order chi connectivity index (χ1) is 16.2. The van der Waals surface area contributed by atoms with Gasteiger partial charge in [0.15, 0.2) is 11.5 Å². The lowest BCUT2D eigenvalue weighted by atomic mass is 10.0. The van der Waals surface area contributed by atoms with Gasteiger partial charge in [0.1, 0.15) is 15.7 Å². The predicted molar refractivity (Wildman–Crippen MR) is 130 cm³/mol. The van der Waals surface area contributed by atoms with E-state index in [0.29, 0.717) is 40.5 Å². The third-order valence-corrected chi connectivity index (χ3v) is 6.70. The van der Waals surface area contributed by atoms with Crippen LogP contribution in [-0.4, -0.2) is 40.1 Å². The Morgan fingerprint density at radius 2 is 1.82 bits per heavy atom. The van der Waals surface area contributed by atoms with E-state index in [1.807, 2.05) is 6.92 Å². The molecule has 0 N–H and O–H groups in total. The van der Waals surface area contributed by atoms with Gasteiger partial charge in [-0.15, -0.1) is 0 Å². The lowest BCUT2D eigenvalue weighted by molar-refractivity contribution is -0.117. The average molecular weight is 484 g/mol. The smallest absolute Gasteiger partial charge is 0.232 e. The number of hydrogen-bond donors (Lipinski definition) is 0.